The minimum Gasteiger partial charge on any atom is -0.373 e. The van der Waals surface area contributed by atoms with Gasteiger partial charge in [0.2, 0.25) is 5.91 Å². The van der Waals surface area contributed by atoms with Crippen LogP contribution in [0.5, 0.6) is 0 Å². The highest BCUT2D eigenvalue weighted by Gasteiger charge is 2.44. The van der Waals surface area contributed by atoms with Crippen molar-refractivity contribution >= 4 is 21.4 Å². The number of alkyl halides is 3. The Morgan fingerprint density at radius 2 is 1.68 bits per heavy atom. The molecule has 2 fully saturated rings. The van der Waals surface area contributed by atoms with Crippen molar-refractivity contribution in [2.45, 2.75) is 74.8 Å². The summed E-state index contributed by atoms with van der Waals surface area (Å²) in [6, 6.07) is 12.9. The van der Waals surface area contributed by atoms with Crippen LogP contribution < -0.4 is 5.32 Å². The Kier molecular flexibility index (Phi) is 8.42. The first-order chi connectivity index (χ1) is 17.9. The summed E-state index contributed by atoms with van der Waals surface area (Å²) in [6.45, 7) is 4.57. The van der Waals surface area contributed by atoms with Crippen molar-refractivity contribution in [1.29, 1.82) is 0 Å². The highest BCUT2D eigenvalue weighted by Crippen LogP contribution is 2.38. The van der Waals surface area contributed by atoms with Crippen LogP contribution in [0.2, 0.25) is 0 Å². The summed E-state index contributed by atoms with van der Waals surface area (Å²) >= 11 is 0. The first-order valence-electron chi connectivity index (χ1n) is 13.1. The number of carbonyl (C=O) groups is 1. The van der Waals surface area contributed by atoms with Gasteiger partial charge in [0.15, 0.2) is 9.84 Å². The van der Waals surface area contributed by atoms with Gasteiger partial charge in [0, 0.05) is 30.4 Å². The van der Waals surface area contributed by atoms with Crippen molar-refractivity contribution in [1.82, 2.24) is 9.80 Å². The third-order valence-corrected chi connectivity index (χ3v) is 9.90. The van der Waals surface area contributed by atoms with Gasteiger partial charge in [-0.1, -0.05) is 30.3 Å². The zero-order valence-electron chi connectivity index (χ0n) is 22.0. The molecule has 2 aromatic rings. The van der Waals surface area contributed by atoms with Crippen LogP contribution in [0.25, 0.3) is 0 Å². The number of amides is 1. The minimum atomic E-state index is -4.54. The van der Waals surface area contributed by atoms with Crippen LogP contribution in [-0.4, -0.2) is 67.6 Å². The Labute approximate surface area is 223 Å². The van der Waals surface area contributed by atoms with Crippen molar-refractivity contribution in [3.05, 3.63) is 60.2 Å². The van der Waals surface area contributed by atoms with Gasteiger partial charge < -0.3 is 15.1 Å². The van der Waals surface area contributed by atoms with Crippen molar-refractivity contribution < 1.29 is 26.4 Å². The van der Waals surface area contributed by atoms with Crippen LogP contribution in [0.15, 0.2) is 59.5 Å². The van der Waals surface area contributed by atoms with Crippen molar-refractivity contribution in [2.75, 3.05) is 24.7 Å². The van der Waals surface area contributed by atoms with Gasteiger partial charge in [0.1, 0.15) is 6.04 Å². The standard InChI is InChI=1S/C28H36F3N3O3S/c1-19(2)33(3)21-13-14-26(20(17-21)18-38(36,37)22-9-5-4-6-10-22)34-16-15-25(27(34)35)32-24-12-8-7-11-23(24)28(29,30)31/h4-12,19-21,25-26,32H,13-18H2,1-3H3/t20-,21+,25?,26-/m0/s1. The average Bonchev–Trinajstić information content (AvgIpc) is 3.23. The molecule has 6 nitrogen and oxygen atoms in total. The molecule has 208 valence electrons. The molecule has 0 radical (unpaired) electrons. The molecular formula is C28H36F3N3O3S. The van der Waals surface area contributed by atoms with Gasteiger partial charge in [-0.25, -0.2) is 8.42 Å². The van der Waals surface area contributed by atoms with Crippen LogP contribution in [-0.2, 0) is 20.8 Å². The van der Waals surface area contributed by atoms with E-state index >= 15 is 0 Å². The molecule has 4 atom stereocenters. The molecule has 1 heterocycles. The third kappa shape index (κ3) is 6.17. The molecule has 0 aromatic heterocycles. The molecule has 38 heavy (non-hydrogen) atoms. The number of sulfone groups is 1. The summed E-state index contributed by atoms with van der Waals surface area (Å²) < 4.78 is 67.2. The molecule has 1 amide bonds. The van der Waals surface area contributed by atoms with Crippen LogP contribution in [0.3, 0.4) is 0 Å². The minimum absolute atomic E-state index is 0.0805. The summed E-state index contributed by atoms with van der Waals surface area (Å²) in [4.78, 5) is 17.7. The molecule has 1 N–H and O–H groups in total. The van der Waals surface area contributed by atoms with Crippen LogP contribution in [0.4, 0.5) is 18.9 Å². The lowest BCUT2D eigenvalue weighted by Crippen LogP contribution is -2.52. The fraction of sp³-hybridized carbons (Fsp3) is 0.536. The lowest BCUT2D eigenvalue weighted by Gasteiger charge is -2.44. The third-order valence-electron chi connectivity index (χ3n) is 8.04. The molecule has 1 unspecified atom stereocenters. The van der Waals surface area contributed by atoms with E-state index in [1.165, 1.54) is 18.2 Å². The van der Waals surface area contributed by atoms with E-state index in [-0.39, 0.29) is 40.2 Å². The molecule has 4 rings (SSSR count). The highest BCUT2D eigenvalue weighted by atomic mass is 32.2. The van der Waals surface area contributed by atoms with Gasteiger partial charge in [0.25, 0.3) is 0 Å². The molecule has 10 heteroatoms. The zero-order valence-corrected chi connectivity index (χ0v) is 22.8. The maximum absolute atomic E-state index is 13.5. The van der Waals surface area contributed by atoms with Crippen LogP contribution in [0, 0.1) is 5.92 Å². The Morgan fingerprint density at radius 3 is 2.34 bits per heavy atom. The van der Waals surface area contributed by atoms with E-state index in [4.69, 9.17) is 0 Å². The summed E-state index contributed by atoms with van der Waals surface area (Å²) in [5.41, 5.74) is -0.930. The number of hydrogen-bond acceptors (Lipinski definition) is 5. The molecule has 1 aliphatic carbocycles. The summed E-state index contributed by atoms with van der Waals surface area (Å²) in [5.74, 6) is -0.641. The summed E-state index contributed by atoms with van der Waals surface area (Å²) in [7, 11) is -1.55. The first-order valence-corrected chi connectivity index (χ1v) is 14.8. The molecular weight excluding hydrogens is 515 g/mol. The first kappa shape index (κ1) is 28.4. The van der Waals surface area contributed by atoms with Gasteiger partial charge >= 0.3 is 6.18 Å². The number of halogens is 3. The largest absolute Gasteiger partial charge is 0.418 e. The van der Waals surface area contributed by atoms with E-state index in [0.29, 0.717) is 31.8 Å². The summed E-state index contributed by atoms with van der Waals surface area (Å²) in [6.07, 6.45) is -2.09. The molecule has 1 saturated heterocycles. The molecule has 2 aromatic carbocycles. The van der Waals surface area contributed by atoms with Gasteiger partial charge in [-0.05, 0) is 76.8 Å². The van der Waals surface area contributed by atoms with Gasteiger partial charge in [0.05, 0.1) is 16.2 Å². The number of para-hydroxylation sites is 1. The van der Waals surface area contributed by atoms with E-state index in [1.807, 2.05) is 7.05 Å². The van der Waals surface area contributed by atoms with Crippen LogP contribution in [0.1, 0.15) is 45.1 Å². The average molecular weight is 552 g/mol. The smallest absolute Gasteiger partial charge is 0.373 e. The fourth-order valence-corrected chi connectivity index (χ4v) is 7.51. The highest BCUT2D eigenvalue weighted by molar-refractivity contribution is 7.91. The second kappa shape index (κ2) is 11.3. The van der Waals surface area contributed by atoms with Crippen molar-refractivity contribution in [3.63, 3.8) is 0 Å². The second-order valence-electron chi connectivity index (χ2n) is 10.7. The maximum atomic E-state index is 13.5. The number of likely N-dealkylation sites (tertiary alicyclic amines) is 1. The quantitative estimate of drug-likeness (QED) is 0.496. The summed E-state index contributed by atoms with van der Waals surface area (Å²) in [5, 5.41) is 2.83. The Balaban J connectivity index is 1.56. The lowest BCUT2D eigenvalue weighted by atomic mass is 9.81. The van der Waals surface area contributed by atoms with E-state index in [0.717, 1.165) is 12.5 Å². The van der Waals surface area contributed by atoms with Gasteiger partial charge in [-0.15, -0.1) is 0 Å². The van der Waals surface area contributed by atoms with Crippen molar-refractivity contribution in [3.8, 4) is 0 Å². The van der Waals surface area contributed by atoms with E-state index in [1.54, 1.807) is 35.2 Å². The number of nitrogens with one attached hydrogen (secondary N) is 1. The molecule has 1 aliphatic heterocycles. The zero-order chi connectivity index (χ0) is 27.7. The fourth-order valence-electron chi connectivity index (χ4n) is 5.82. The van der Waals surface area contributed by atoms with Gasteiger partial charge in [-0.2, -0.15) is 13.2 Å². The number of carbonyl (C=O) groups excluding carboxylic acids is 1. The van der Waals surface area contributed by atoms with Gasteiger partial charge in [-0.3, -0.25) is 4.79 Å². The number of nitrogens with zero attached hydrogens (tertiary/aromatic N) is 2. The topological polar surface area (TPSA) is 69.7 Å². The monoisotopic (exact) mass is 551 g/mol. The Hall–Kier alpha value is -2.59. The number of benzene rings is 2. The predicted octanol–water partition coefficient (Wildman–Crippen LogP) is 5.07. The van der Waals surface area contributed by atoms with E-state index in [9.17, 15) is 26.4 Å². The molecule has 0 spiro atoms. The van der Waals surface area contributed by atoms with Crippen LogP contribution >= 0.6 is 0 Å². The SMILES string of the molecule is CC(C)N(C)[C@@H]1CC[C@H](N2CCC(Nc3ccccc3C(F)(F)F)C2=O)[C@H](CS(=O)(=O)c2ccccc2)C1. The lowest BCUT2D eigenvalue weighted by molar-refractivity contribution is -0.137. The molecule has 0 bridgehead atoms. The molecule has 2 aliphatic rings. The van der Waals surface area contributed by atoms with E-state index < -0.39 is 27.6 Å². The number of hydrogen-bond donors (Lipinski definition) is 1. The Morgan fingerprint density at radius 1 is 1.03 bits per heavy atom. The van der Waals surface area contributed by atoms with E-state index in [2.05, 4.69) is 24.1 Å². The maximum Gasteiger partial charge on any atom is 0.418 e. The van der Waals surface area contributed by atoms with Crippen molar-refractivity contribution in [2.24, 2.45) is 5.92 Å². The Bertz CT molecular complexity index is 1220. The number of rotatable bonds is 8. The number of anilines is 1. The molecule has 1 saturated carbocycles. The second-order valence-corrected chi connectivity index (χ2v) is 12.7. The normalized spacial score (nSPS) is 24.8. The predicted molar refractivity (Wildman–Crippen MR) is 141 cm³/mol.